The number of nitrogens with two attached hydrogens (primary N) is 1. The Hall–Kier alpha value is -2.34. The zero-order chi connectivity index (χ0) is 15.7. The van der Waals surface area contributed by atoms with Crippen LogP contribution in [0.4, 0.5) is 5.69 Å². The van der Waals surface area contributed by atoms with Gasteiger partial charge in [-0.3, -0.25) is 9.59 Å². The van der Waals surface area contributed by atoms with Gasteiger partial charge in [0.2, 0.25) is 5.91 Å². The molecule has 2 heterocycles. The second-order valence-corrected chi connectivity index (χ2v) is 6.26. The molecule has 3 N–H and O–H groups in total. The van der Waals surface area contributed by atoms with Crippen molar-refractivity contribution in [3.05, 3.63) is 51.7 Å². The van der Waals surface area contributed by atoms with Gasteiger partial charge in [-0.1, -0.05) is 12.1 Å². The van der Waals surface area contributed by atoms with Gasteiger partial charge in [0.15, 0.2) is 0 Å². The van der Waals surface area contributed by atoms with Crippen LogP contribution in [0, 0.1) is 6.92 Å². The molecule has 0 spiro atoms. The van der Waals surface area contributed by atoms with E-state index in [1.165, 1.54) is 11.3 Å². The third-order valence-electron chi connectivity index (χ3n) is 3.78. The highest BCUT2D eigenvalue weighted by Crippen LogP contribution is 2.29. The van der Waals surface area contributed by atoms with Crippen LogP contribution in [0.5, 0.6) is 0 Å². The van der Waals surface area contributed by atoms with Crippen molar-refractivity contribution in [1.82, 2.24) is 10.2 Å². The van der Waals surface area contributed by atoms with E-state index in [2.05, 4.69) is 5.32 Å². The van der Waals surface area contributed by atoms with E-state index in [1.807, 2.05) is 30.5 Å². The van der Waals surface area contributed by atoms with Gasteiger partial charge in [0.1, 0.15) is 6.04 Å². The molecule has 5 nitrogen and oxygen atoms in total. The van der Waals surface area contributed by atoms with Crippen LogP contribution >= 0.6 is 11.3 Å². The molecule has 3 rings (SSSR count). The molecule has 0 saturated carbocycles. The first-order valence-electron chi connectivity index (χ1n) is 7.06. The predicted octanol–water partition coefficient (Wildman–Crippen LogP) is 1.95. The molecule has 0 radical (unpaired) electrons. The van der Waals surface area contributed by atoms with Crippen LogP contribution in [-0.2, 0) is 4.79 Å². The Morgan fingerprint density at radius 2 is 2.23 bits per heavy atom. The lowest BCUT2D eigenvalue weighted by Crippen LogP contribution is -2.52. The summed E-state index contributed by atoms with van der Waals surface area (Å²) in [6.45, 7) is 2.83. The molecule has 0 bridgehead atoms. The number of amides is 2. The predicted molar refractivity (Wildman–Crippen MR) is 86.7 cm³/mol. The van der Waals surface area contributed by atoms with Gasteiger partial charge < -0.3 is 16.0 Å². The molecule has 2 aromatic rings. The van der Waals surface area contributed by atoms with Crippen LogP contribution < -0.4 is 11.1 Å². The summed E-state index contributed by atoms with van der Waals surface area (Å²) >= 11 is 1.48. The molecule has 1 unspecified atom stereocenters. The topological polar surface area (TPSA) is 75.4 Å². The van der Waals surface area contributed by atoms with E-state index in [1.54, 1.807) is 17.0 Å². The van der Waals surface area contributed by atoms with E-state index < -0.39 is 6.04 Å². The summed E-state index contributed by atoms with van der Waals surface area (Å²) < 4.78 is 0. The third kappa shape index (κ3) is 2.57. The molecule has 1 aliphatic heterocycles. The van der Waals surface area contributed by atoms with Crippen molar-refractivity contribution in [2.45, 2.75) is 13.0 Å². The molecule has 114 valence electrons. The number of aryl methyl sites for hydroxylation is 1. The van der Waals surface area contributed by atoms with E-state index >= 15 is 0 Å². The molecular weight excluding hydrogens is 298 g/mol. The number of carbonyl (C=O) groups excluding carboxylic acids is 2. The number of nitrogens with one attached hydrogen (secondary N) is 1. The van der Waals surface area contributed by atoms with Crippen LogP contribution in [0.25, 0.3) is 0 Å². The fraction of sp³-hybridized carbons (Fsp3) is 0.250. The number of nitrogens with zero attached hydrogens (tertiary/aromatic N) is 1. The highest BCUT2D eigenvalue weighted by Gasteiger charge is 2.35. The Labute approximate surface area is 132 Å². The monoisotopic (exact) mass is 315 g/mol. The number of piperazine rings is 1. The van der Waals surface area contributed by atoms with Crippen molar-refractivity contribution in [2.24, 2.45) is 0 Å². The molecular formula is C16H17N3O2S. The van der Waals surface area contributed by atoms with Crippen LogP contribution in [0.15, 0.2) is 35.7 Å². The van der Waals surface area contributed by atoms with Crippen molar-refractivity contribution in [3.63, 3.8) is 0 Å². The van der Waals surface area contributed by atoms with Crippen LogP contribution in [0.2, 0.25) is 0 Å². The molecule has 1 atom stereocenters. The minimum atomic E-state index is -0.568. The molecule has 6 heteroatoms. The standard InChI is InChI=1S/C16H17N3O2S/c1-10-4-5-11(17)9-12(10)16(21)19-7-6-18-15(20)14(19)13-3-2-8-22-13/h2-5,8-9,14H,6-7,17H2,1H3,(H,18,20). The SMILES string of the molecule is Cc1ccc(N)cc1C(=O)N1CCNC(=O)C1c1cccs1. The molecule has 1 fully saturated rings. The minimum Gasteiger partial charge on any atom is -0.399 e. The highest BCUT2D eigenvalue weighted by molar-refractivity contribution is 7.10. The maximum absolute atomic E-state index is 12.9. The average Bonchev–Trinajstić information content (AvgIpc) is 3.02. The number of thiophene rings is 1. The lowest BCUT2D eigenvalue weighted by atomic mass is 10.0. The van der Waals surface area contributed by atoms with E-state index in [0.717, 1.165) is 10.4 Å². The normalized spacial score (nSPS) is 18.1. The number of anilines is 1. The smallest absolute Gasteiger partial charge is 0.255 e. The molecule has 1 aromatic carbocycles. The second kappa shape index (κ2) is 5.81. The van der Waals surface area contributed by atoms with E-state index in [4.69, 9.17) is 5.73 Å². The molecule has 2 amide bonds. The van der Waals surface area contributed by atoms with Crippen molar-refractivity contribution < 1.29 is 9.59 Å². The Kier molecular flexibility index (Phi) is 3.85. The van der Waals surface area contributed by atoms with E-state index in [-0.39, 0.29) is 11.8 Å². The van der Waals surface area contributed by atoms with Gasteiger partial charge in [-0.15, -0.1) is 11.3 Å². The first kappa shape index (κ1) is 14.6. The quantitative estimate of drug-likeness (QED) is 0.832. The number of rotatable bonds is 2. The minimum absolute atomic E-state index is 0.136. The lowest BCUT2D eigenvalue weighted by molar-refractivity contribution is -0.127. The van der Waals surface area contributed by atoms with Crippen molar-refractivity contribution >= 4 is 28.8 Å². The molecule has 1 saturated heterocycles. The molecule has 1 aliphatic rings. The van der Waals surface area contributed by atoms with Gasteiger partial charge in [0, 0.05) is 29.2 Å². The third-order valence-corrected chi connectivity index (χ3v) is 4.70. The lowest BCUT2D eigenvalue weighted by Gasteiger charge is -2.34. The summed E-state index contributed by atoms with van der Waals surface area (Å²) in [5.41, 5.74) is 7.76. The average molecular weight is 315 g/mol. The van der Waals surface area contributed by atoms with Gasteiger partial charge >= 0.3 is 0 Å². The van der Waals surface area contributed by atoms with Gasteiger partial charge in [0.05, 0.1) is 0 Å². The molecule has 22 heavy (non-hydrogen) atoms. The van der Waals surface area contributed by atoms with Crippen LogP contribution in [0.3, 0.4) is 0 Å². The van der Waals surface area contributed by atoms with Gasteiger partial charge in [-0.2, -0.15) is 0 Å². The summed E-state index contributed by atoms with van der Waals surface area (Å²) in [6.07, 6.45) is 0. The summed E-state index contributed by atoms with van der Waals surface area (Å²) in [6, 6.07) is 8.47. The summed E-state index contributed by atoms with van der Waals surface area (Å²) in [5.74, 6) is -0.290. The number of nitrogen functional groups attached to an aromatic ring is 1. The first-order chi connectivity index (χ1) is 10.6. The number of carbonyl (C=O) groups is 2. The molecule has 0 aliphatic carbocycles. The largest absolute Gasteiger partial charge is 0.399 e. The second-order valence-electron chi connectivity index (χ2n) is 5.28. The summed E-state index contributed by atoms with van der Waals surface area (Å²) in [5, 5.41) is 4.74. The zero-order valence-electron chi connectivity index (χ0n) is 12.2. The van der Waals surface area contributed by atoms with Crippen molar-refractivity contribution in [2.75, 3.05) is 18.8 Å². The summed E-state index contributed by atoms with van der Waals surface area (Å²) in [4.78, 5) is 27.7. The Morgan fingerprint density at radius 1 is 1.41 bits per heavy atom. The summed E-state index contributed by atoms with van der Waals surface area (Å²) in [7, 11) is 0. The number of benzene rings is 1. The van der Waals surface area contributed by atoms with Gasteiger partial charge in [0.25, 0.3) is 5.91 Å². The van der Waals surface area contributed by atoms with Crippen LogP contribution in [-0.4, -0.2) is 29.8 Å². The Bertz CT molecular complexity index is 712. The highest BCUT2D eigenvalue weighted by atomic mass is 32.1. The van der Waals surface area contributed by atoms with E-state index in [0.29, 0.717) is 24.3 Å². The van der Waals surface area contributed by atoms with E-state index in [9.17, 15) is 9.59 Å². The maximum Gasteiger partial charge on any atom is 0.255 e. The van der Waals surface area contributed by atoms with Crippen LogP contribution in [0.1, 0.15) is 26.8 Å². The number of hydrogen-bond donors (Lipinski definition) is 2. The Balaban J connectivity index is 1.99. The van der Waals surface area contributed by atoms with Crippen molar-refractivity contribution in [1.29, 1.82) is 0 Å². The zero-order valence-corrected chi connectivity index (χ0v) is 13.0. The fourth-order valence-corrected chi connectivity index (χ4v) is 3.47. The van der Waals surface area contributed by atoms with Crippen molar-refractivity contribution in [3.8, 4) is 0 Å². The Morgan fingerprint density at radius 3 is 2.95 bits per heavy atom. The molecule has 1 aromatic heterocycles. The maximum atomic E-state index is 12.9. The van der Waals surface area contributed by atoms with Gasteiger partial charge in [-0.05, 0) is 36.1 Å². The van der Waals surface area contributed by atoms with Gasteiger partial charge in [-0.25, -0.2) is 0 Å². The fourth-order valence-electron chi connectivity index (χ4n) is 2.64. The first-order valence-corrected chi connectivity index (χ1v) is 7.94. The number of hydrogen-bond acceptors (Lipinski definition) is 4.